The van der Waals surface area contributed by atoms with Crippen molar-refractivity contribution in [3.63, 3.8) is 0 Å². The second-order valence-corrected chi connectivity index (χ2v) is 16.0. The fourth-order valence-corrected chi connectivity index (χ4v) is 6.77. The standard InChI is InChI=1S/C45H84NO7P/c1-3-5-7-9-11-13-15-17-19-20-21-22-23-24-25-26-28-30-32-34-36-38-45(47)53-44(43-52-54(48,49)51-41-39-46)42-50-40-37-35-33-31-29-27-18-16-14-12-10-8-6-4-2/h6,8,12,14,18,20-21,27,44H,3-5,7,9-11,13,15-17,19,22-26,28-43,46H2,1-2H3,(H,48,49)/b8-6-,14-12-,21-20-,27-18-. The van der Waals surface area contributed by atoms with Crippen molar-refractivity contribution in [3.8, 4) is 0 Å². The zero-order valence-electron chi connectivity index (χ0n) is 35.0. The van der Waals surface area contributed by atoms with Crippen molar-refractivity contribution < 1.29 is 32.8 Å². The van der Waals surface area contributed by atoms with Gasteiger partial charge in [0.2, 0.25) is 0 Å². The summed E-state index contributed by atoms with van der Waals surface area (Å²) < 4.78 is 33.4. The Labute approximate surface area is 332 Å². The van der Waals surface area contributed by atoms with Gasteiger partial charge >= 0.3 is 13.8 Å². The Morgan fingerprint density at radius 2 is 1.04 bits per heavy atom. The van der Waals surface area contributed by atoms with Gasteiger partial charge in [0.25, 0.3) is 0 Å². The van der Waals surface area contributed by atoms with Crippen LogP contribution in [0.3, 0.4) is 0 Å². The smallest absolute Gasteiger partial charge is 0.457 e. The molecule has 8 nitrogen and oxygen atoms in total. The number of carbonyl (C=O) groups is 1. The quantitative estimate of drug-likeness (QED) is 0.0272. The van der Waals surface area contributed by atoms with Crippen LogP contribution in [-0.2, 0) is 27.9 Å². The number of carbonyl (C=O) groups excluding carboxylic acids is 1. The molecular formula is C45H84NO7P. The number of unbranched alkanes of at least 4 members (excludes halogenated alkanes) is 21. The first kappa shape index (κ1) is 52.5. The highest BCUT2D eigenvalue weighted by Crippen LogP contribution is 2.43. The highest BCUT2D eigenvalue weighted by molar-refractivity contribution is 7.47. The van der Waals surface area contributed by atoms with E-state index in [0.29, 0.717) is 13.0 Å². The molecule has 0 rings (SSSR count). The third-order valence-electron chi connectivity index (χ3n) is 9.23. The molecule has 2 unspecified atom stereocenters. The molecule has 54 heavy (non-hydrogen) atoms. The molecule has 0 heterocycles. The number of allylic oxidation sites excluding steroid dienone is 8. The number of hydrogen-bond donors (Lipinski definition) is 2. The number of esters is 1. The van der Waals surface area contributed by atoms with Gasteiger partial charge in [-0.25, -0.2) is 4.57 Å². The average molecular weight is 782 g/mol. The van der Waals surface area contributed by atoms with E-state index in [1.165, 1.54) is 103 Å². The summed E-state index contributed by atoms with van der Waals surface area (Å²) in [4.78, 5) is 22.5. The molecule has 0 fully saturated rings. The third-order valence-corrected chi connectivity index (χ3v) is 10.2. The fraction of sp³-hybridized carbons (Fsp3) is 0.800. The molecule has 0 bridgehead atoms. The summed E-state index contributed by atoms with van der Waals surface area (Å²) in [5.41, 5.74) is 5.37. The Balaban J connectivity index is 4.01. The summed E-state index contributed by atoms with van der Waals surface area (Å²) in [5, 5.41) is 0. The van der Waals surface area contributed by atoms with Gasteiger partial charge in [-0.2, -0.15) is 0 Å². The van der Waals surface area contributed by atoms with Gasteiger partial charge in [-0.05, 0) is 70.6 Å². The molecule has 9 heteroatoms. The van der Waals surface area contributed by atoms with E-state index in [1.807, 2.05) is 0 Å². The van der Waals surface area contributed by atoms with Gasteiger partial charge in [-0.1, -0.05) is 165 Å². The first-order valence-corrected chi connectivity index (χ1v) is 23.6. The molecule has 0 aliphatic carbocycles. The Morgan fingerprint density at radius 3 is 1.57 bits per heavy atom. The molecule has 0 aromatic heterocycles. The lowest BCUT2D eigenvalue weighted by Crippen LogP contribution is -2.28. The number of hydrogen-bond acceptors (Lipinski definition) is 7. The van der Waals surface area contributed by atoms with Gasteiger partial charge in [0.15, 0.2) is 0 Å². The van der Waals surface area contributed by atoms with Crippen LogP contribution in [0.2, 0.25) is 0 Å². The van der Waals surface area contributed by atoms with Gasteiger partial charge in [0.1, 0.15) is 6.10 Å². The summed E-state index contributed by atoms with van der Waals surface area (Å²) in [6.07, 6.45) is 49.9. The van der Waals surface area contributed by atoms with Crippen molar-refractivity contribution >= 4 is 13.8 Å². The molecule has 0 aromatic rings. The molecule has 0 aromatic carbocycles. The summed E-state index contributed by atoms with van der Waals surface area (Å²) in [5.74, 6) is -0.341. The van der Waals surface area contributed by atoms with E-state index in [4.69, 9.17) is 24.3 Å². The monoisotopic (exact) mass is 782 g/mol. The van der Waals surface area contributed by atoms with Crippen LogP contribution in [0.25, 0.3) is 0 Å². The van der Waals surface area contributed by atoms with E-state index in [0.717, 1.165) is 70.6 Å². The van der Waals surface area contributed by atoms with E-state index in [-0.39, 0.29) is 32.3 Å². The van der Waals surface area contributed by atoms with Crippen molar-refractivity contribution in [2.24, 2.45) is 5.73 Å². The molecule has 0 saturated heterocycles. The van der Waals surface area contributed by atoms with Crippen LogP contribution in [0.15, 0.2) is 48.6 Å². The summed E-state index contributed by atoms with van der Waals surface area (Å²) in [6, 6.07) is 0. The van der Waals surface area contributed by atoms with Crippen LogP contribution in [-0.4, -0.2) is 49.9 Å². The third kappa shape index (κ3) is 41.6. The molecular weight excluding hydrogens is 697 g/mol. The van der Waals surface area contributed by atoms with E-state index in [2.05, 4.69) is 62.5 Å². The van der Waals surface area contributed by atoms with Crippen molar-refractivity contribution in [2.75, 3.05) is 33.0 Å². The van der Waals surface area contributed by atoms with Crippen LogP contribution in [0, 0.1) is 0 Å². The Hall–Kier alpha value is -1.54. The normalized spacial score (nSPS) is 13.9. The number of ether oxygens (including phenoxy) is 2. The Kier molecular flexibility index (Phi) is 41.4. The lowest BCUT2D eigenvalue weighted by atomic mass is 10.1. The lowest BCUT2D eigenvalue weighted by Gasteiger charge is -2.20. The topological polar surface area (TPSA) is 117 Å². The lowest BCUT2D eigenvalue weighted by molar-refractivity contribution is -0.154. The molecule has 0 aliphatic rings. The zero-order valence-corrected chi connectivity index (χ0v) is 35.8. The highest BCUT2D eigenvalue weighted by atomic mass is 31.2. The summed E-state index contributed by atoms with van der Waals surface area (Å²) in [7, 11) is -4.28. The average Bonchev–Trinajstić information content (AvgIpc) is 3.16. The molecule has 0 spiro atoms. The van der Waals surface area contributed by atoms with Crippen LogP contribution in [0.5, 0.6) is 0 Å². The van der Waals surface area contributed by atoms with Crippen molar-refractivity contribution in [3.05, 3.63) is 48.6 Å². The molecule has 0 radical (unpaired) electrons. The van der Waals surface area contributed by atoms with E-state index in [1.54, 1.807) is 0 Å². The van der Waals surface area contributed by atoms with Gasteiger partial charge < -0.3 is 20.1 Å². The highest BCUT2D eigenvalue weighted by Gasteiger charge is 2.25. The van der Waals surface area contributed by atoms with E-state index < -0.39 is 13.9 Å². The zero-order chi connectivity index (χ0) is 39.5. The summed E-state index contributed by atoms with van der Waals surface area (Å²) in [6.45, 7) is 4.76. The fourth-order valence-electron chi connectivity index (χ4n) is 6.01. The first-order valence-electron chi connectivity index (χ1n) is 22.1. The minimum Gasteiger partial charge on any atom is -0.457 e. The molecule has 0 saturated carbocycles. The van der Waals surface area contributed by atoms with Gasteiger partial charge in [-0.3, -0.25) is 13.8 Å². The van der Waals surface area contributed by atoms with Crippen molar-refractivity contribution in [1.29, 1.82) is 0 Å². The number of phosphoric ester groups is 1. The van der Waals surface area contributed by atoms with Crippen molar-refractivity contribution in [2.45, 2.75) is 200 Å². The van der Waals surface area contributed by atoms with Crippen LogP contribution in [0.4, 0.5) is 0 Å². The summed E-state index contributed by atoms with van der Waals surface area (Å²) >= 11 is 0. The number of phosphoric acid groups is 1. The van der Waals surface area contributed by atoms with E-state index >= 15 is 0 Å². The number of rotatable bonds is 42. The van der Waals surface area contributed by atoms with Gasteiger partial charge in [0.05, 0.1) is 19.8 Å². The van der Waals surface area contributed by atoms with E-state index in [9.17, 15) is 14.3 Å². The largest absolute Gasteiger partial charge is 0.472 e. The van der Waals surface area contributed by atoms with Crippen LogP contribution >= 0.6 is 7.82 Å². The first-order chi connectivity index (χ1) is 26.4. The maximum Gasteiger partial charge on any atom is 0.472 e. The molecule has 2 atom stereocenters. The van der Waals surface area contributed by atoms with Crippen molar-refractivity contribution in [1.82, 2.24) is 0 Å². The Bertz CT molecular complexity index is 968. The van der Waals surface area contributed by atoms with Gasteiger partial charge in [-0.15, -0.1) is 0 Å². The maximum absolute atomic E-state index is 12.6. The molecule has 0 amide bonds. The maximum atomic E-state index is 12.6. The second-order valence-electron chi connectivity index (χ2n) is 14.5. The molecule has 0 aliphatic heterocycles. The van der Waals surface area contributed by atoms with Crippen LogP contribution < -0.4 is 5.73 Å². The number of nitrogens with two attached hydrogens (primary N) is 1. The molecule has 3 N–H and O–H groups in total. The predicted octanol–water partition coefficient (Wildman–Crippen LogP) is 13.2. The predicted molar refractivity (Wildman–Crippen MR) is 229 cm³/mol. The minimum atomic E-state index is -4.28. The molecule has 316 valence electrons. The SMILES string of the molecule is CC/C=C\C/C=C\C/C=C\CCCCCCOCC(COP(=O)(O)OCCN)OC(=O)CCCCCCCCCCC/C=C\CCCCCCCCCC. The Morgan fingerprint density at radius 1 is 0.574 bits per heavy atom. The van der Waals surface area contributed by atoms with Crippen LogP contribution in [0.1, 0.15) is 194 Å². The minimum absolute atomic E-state index is 0.0948. The second kappa shape index (κ2) is 42.6. The van der Waals surface area contributed by atoms with Gasteiger partial charge in [0, 0.05) is 19.6 Å².